The molecule has 0 spiro atoms. The van der Waals surface area contributed by atoms with Gasteiger partial charge < -0.3 is 33.3 Å². The first-order chi connectivity index (χ1) is 35.6. The highest BCUT2D eigenvalue weighted by Crippen LogP contribution is 2.19. The summed E-state index contributed by atoms with van der Waals surface area (Å²) in [6.45, 7) is 4.79. The second-order valence-electron chi connectivity index (χ2n) is 23.4. The zero-order valence-electron chi connectivity index (χ0n) is 49.6. The van der Waals surface area contributed by atoms with E-state index in [-0.39, 0.29) is 32.2 Å². The minimum Gasteiger partial charge on any atom is -0.545 e. The molecule has 0 aliphatic carbocycles. The predicted molar refractivity (Wildman–Crippen MR) is 307 cm³/mol. The summed E-state index contributed by atoms with van der Waals surface area (Å²) in [5.74, 6) is -2.26. The molecule has 0 radical (unpaired) electrons. The zero-order valence-corrected chi connectivity index (χ0v) is 49.6. The normalized spacial score (nSPS) is 12.6. The quantitative estimate of drug-likeness (QED) is 0.0256. The monoisotopic (exact) mass is 1040 g/mol. The summed E-state index contributed by atoms with van der Waals surface area (Å²) in [5, 5.41) is 11.7. The van der Waals surface area contributed by atoms with Gasteiger partial charge in [0.05, 0.1) is 40.3 Å². The van der Waals surface area contributed by atoms with E-state index in [0.717, 1.165) is 38.5 Å². The highest BCUT2D eigenvalue weighted by atomic mass is 16.7. The number of likely N-dealkylation sites (N-methyl/N-ethyl adjacent to an activating group) is 1. The number of carbonyl (C=O) groups excluding carboxylic acids is 3. The van der Waals surface area contributed by atoms with Crippen molar-refractivity contribution in [1.29, 1.82) is 0 Å². The number of carbonyl (C=O) groups is 3. The van der Waals surface area contributed by atoms with Gasteiger partial charge >= 0.3 is 11.9 Å². The zero-order chi connectivity index (χ0) is 53.4. The third-order valence-electron chi connectivity index (χ3n) is 14.9. The minimum absolute atomic E-state index is 0.153. The SMILES string of the molecule is CCCCCCCCCCCCCCCCCCCCCCCCCCCCCCCCCCCCCCCCC(=O)OC(COC(=O)CCCCCCCCCCCC)COC(OCC[N+](C)(C)C)C(=O)[O-]. The molecule has 0 saturated heterocycles. The number of hydrogen-bond donors (Lipinski definition) is 0. The van der Waals surface area contributed by atoms with Gasteiger partial charge in [-0.15, -0.1) is 0 Å². The van der Waals surface area contributed by atoms with Crippen LogP contribution in [0.1, 0.15) is 335 Å². The average Bonchev–Trinajstić information content (AvgIpc) is 3.36. The van der Waals surface area contributed by atoms with Gasteiger partial charge in [0, 0.05) is 12.8 Å². The van der Waals surface area contributed by atoms with E-state index in [0.29, 0.717) is 17.4 Å². The maximum Gasteiger partial charge on any atom is 0.306 e. The molecule has 0 bridgehead atoms. The number of unbranched alkanes of at least 4 members (excludes halogenated alkanes) is 46. The Hall–Kier alpha value is -1.71. The molecular formula is C64H125NO8. The van der Waals surface area contributed by atoms with Crippen molar-refractivity contribution in [3.05, 3.63) is 0 Å². The largest absolute Gasteiger partial charge is 0.545 e. The van der Waals surface area contributed by atoms with Gasteiger partial charge in [0.25, 0.3) is 0 Å². The van der Waals surface area contributed by atoms with Gasteiger partial charge in [0.1, 0.15) is 13.2 Å². The van der Waals surface area contributed by atoms with Gasteiger partial charge in [0.15, 0.2) is 12.4 Å². The van der Waals surface area contributed by atoms with Crippen LogP contribution in [0.15, 0.2) is 0 Å². The van der Waals surface area contributed by atoms with Crippen LogP contribution in [0.5, 0.6) is 0 Å². The van der Waals surface area contributed by atoms with Crippen LogP contribution < -0.4 is 5.11 Å². The molecule has 0 N–H and O–H groups in total. The predicted octanol–water partition coefficient (Wildman–Crippen LogP) is 17.8. The van der Waals surface area contributed by atoms with Gasteiger partial charge in [0.2, 0.25) is 0 Å². The van der Waals surface area contributed by atoms with Gasteiger partial charge in [-0.05, 0) is 12.8 Å². The molecule has 0 aliphatic heterocycles. The van der Waals surface area contributed by atoms with Crippen molar-refractivity contribution in [2.45, 2.75) is 347 Å². The lowest BCUT2D eigenvalue weighted by atomic mass is 10.0. The second-order valence-corrected chi connectivity index (χ2v) is 23.4. The van der Waals surface area contributed by atoms with Crippen LogP contribution in [0, 0.1) is 0 Å². The van der Waals surface area contributed by atoms with E-state index in [2.05, 4.69) is 13.8 Å². The van der Waals surface area contributed by atoms with Crippen molar-refractivity contribution >= 4 is 17.9 Å². The summed E-state index contributed by atoms with van der Waals surface area (Å²) in [6.07, 6.45) is 62.2. The minimum atomic E-state index is -1.61. The molecule has 0 aromatic heterocycles. The fourth-order valence-corrected chi connectivity index (χ4v) is 9.89. The number of hydrogen-bond acceptors (Lipinski definition) is 8. The van der Waals surface area contributed by atoms with Crippen LogP contribution in [-0.2, 0) is 33.3 Å². The average molecular weight is 1040 g/mol. The van der Waals surface area contributed by atoms with E-state index in [4.69, 9.17) is 18.9 Å². The van der Waals surface area contributed by atoms with Gasteiger partial charge in [-0.2, -0.15) is 0 Å². The van der Waals surface area contributed by atoms with Crippen molar-refractivity contribution < 1.29 is 42.9 Å². The summed E-state index contributed by atoms with van der Waals surface area (Å²) < 4.78 is 22.7. The summed E-state index contributed by atoms with van der Waals surface area (Å²) in [4.78, 5) is 37.1. The molecule has 0 rings (SSSR count). The molecule has 9 heteroatoms. The number of nitrogens with zero attached hydrogens (tertiary/aromatic N) is 1. The second kappa shape index (κ2) is 56.5. The summed E-state index contributed by atoms with van der Waals surface area (Å²) >= 11 is 0. The molecular weight excluding hydrogens is 911 g/mol. The van der Waals surface area contributed by atoms with Crippen molar-refractivity contribution in [3.63, 3.8) is 0 Å². The van der Waals surface area contributed by atoms with Crippen LogP contribution in [0.25, 0.3) is 0 Å². The van der Waals surface area contributed by atoms with Crippen molar-refractivity contribution in [1.82, 2.24) is 0 Å². The molecule has 0 saturated carbocycles. The first-order valence-electron chi connectivity index (χ1n) is 32.2. The van der Waals surface area contributed by atoms with Crippen LogP contribution in [0.2, 0.25) is 0 Å². The molecule has 0 amide bonds. The van der Waals surface area contributed by atoms with Crippen LogP contribution in [0.3, 0.4) is 0 Å². The van der Waals surface area contributed by atoms with E-state index >= 15 is 0 Å². The van der Waals surface area contributed by atoms with Crippen LogP contribution in [-0.4, -0.2) is 82.3 Å². The highest BCUT2D eigenvalue weighted by Gasteiger charge is 2.22. The Labute approximate surface area is 453 Å². The van der Waals surface area contributed by atoms with E-state index < -0.39 is 24.3 Å². The molecule has 0 aromatic rings. The molecule has 434 valence electrons. The number of esters is 2. The molecule has 0 aromatic carbocycles. The summed E-state index contributed by atoms with van der Waals surface area (Å²) in [5.41, 5.74) is 0. The fraction of sp³-hybridized carbons (Fsp3) is 0.953. The lowest BCUT2D eigenvalue weighted by Crippen LogP contribution is -2.44. The smallest absolute Gasteiger partial charge is 0.306 e. The van der Waals surface area contributed by atoms with Crippen LogP contribution in [0.4, 0.5) is 0 Å². The highest BCUT2D eigenvalue weighted by molar-refractivity contribution is 5.70. The Morgan fingerprint density at radius 1 is 0.356 bits per heavy atom. The Morgan fingerprint density at radius 2 is 0.616 bits per heavy atom. The number of aliphatic carboxylic acids is 1. The van der Waals surface area contributed by atoms with Gasteiger partial charge in [-0.1, -0.05) is 309 Å². The van der Waals surface area contributed by atoms with E-state index in [9.17, 15) is 19.5 Å². The lowest BCUT2D eigenvalue weighted by molar-refractivity contribution is -0.870. The molecule has 0 fully saturated rings. The maximum absolute atomic E-state index is 12.8. The standard InChI is InChI=1S/C64H125NO8/c1-6-8-10-12-14-16-18-19-20-21-22-23-24-25-26-27-28-29-30-31-32-33-34-35-36-37-38-39-40-41-42-43-44-45-47-49-51-53-55-62(67)73-60(59-72-64(63(68)69)70-57-56-65(3,4)5)58-71-61(66)54-52-50-48-46-17-15-13-11-9-7-2/h60,64H,6-59H2,1-5H3. The molecule has 9 nitrogen and oxygen atoms in total. The molecule has 0 heterocycles. The number of carboxylic acids is 1. The van der Waals surface area contributed by atoms with Crippen LogP contribution >= 0.6 is 0 Å². The first kappa shape index (κ1) is 71.3. The van der Waals surface area contributed by atoms with Gasteiger partial charge in [-0.25, -0.2) is 0 Å². The van der Waals surface area contributed by atoms with Gasteiger partial charge in [-0.3, -0.25) is 9.59 Å². The van der Waals surface area contributed by atoms with Crippen molar-refractivity contribution in [2.75, 3.05) is 47.5 Å². The van der Waals surface area contributed by atoms with E-state index in [1.54, 1.807) is 0 Å². The molecule has 0 aliphatic rings. The molecule has 2 unspecified atom stereocenters. The van der Waals surface area contributed by atoms with E-state index in [1.165, 1.54) is 270 Å². The number of ether oxygens (including phenoxy) is 4. The third kappa shape index (κ3) is 57.8. The van der Waals surface area contributed by atoms with E-state index in [1.807, 2.05) is 21.1 Å². The topological polar surface area (TPSA) is 111 Å². The fourth-order valence-electron chi connectivity index (χ4n) is 9.89. The molecule has 73 heavy (non-hydrogen) atoms. The number of rotatable bonds is 61. The van der Waals surface area contributed by atoms with Crippen molar-refractivity contribution in [2.24, 2.45) is 0 Å². The number of carboxylic acid groups (broad SMARTS) is 1. The molecule has 2 atom stereocenters. The maximum atomic E-state index is 12.8. The lowest BCUT2D eigenvalue weighted by Gasteiger charge is -2.26. The number of quaternary nitrogens is 1. The van der Waals surface area contributed by atoms with Crippen molar-refractivity contribution in [3.8, 4) is 0 Å². The Kier molecular flexibility index (Phi) is 55.2. The first-order valence-corrected chi connectivity index (χ1v) is 32.2. The Morgan fingerprint density at radius 3 is 0.877 bits per heavy atom. The summed E-state index contributed by atoms with van der Waals surface area (Å²) in [7, 11) is 5.93. The Balaban J connectivity index is 3.84. The third-order valence-corrected chi connectivity index (χ3v) is 14.9. The summed E-state index contributed by atoms with van der Waals surface area (Å²) in [6, 6.07) is 0. The Bertz CT molecular complexity index is 1160.